The first-order valence-corrected chi connectivity index (χ1v) is 5.76. The molecule has 2 nitrogen and oxygen atoms in total. The number of nitrogens with zero attached hydrogens (tertiary/aromatic N) is 1. The number of nitrogen functional groups attached to an aromatic ring is 1. The van der Waals surface area contributed by atoms with Crippen molar-refractivity contribution in [2.75, 3.05) is 5.73 Å². The van der Waals surface area contributed by atoms with Crippen LogP contribution in [0.25, 0.3) is 10.6 Å². The summed E-state index contributed by atoms with van der Waals surface area (Å²) in [6, 6.07) is 8.06. The monoisotopic (exact) mass is 268 g/mol. The maximum absolute atomic E-state index is 5.70. The van der Waals surface area contributed by atoms with Gasteiger partial charge >= 0.3 is 0 Å². The topological polar surface area (TPSA) is 38.9 Å². The van der Waals surface area contributed by atoms with Crippen molar-refractivity contribution in [3.05, 3.63) is 33.6 Å². The molecule has 72 valence electrons. The number of hydrogen-bond acceptors (Lipinski definition) is 3. The maximum Gasteiger partial charge on any atom is 0.138 e. The smallest absolute Gasteiger partial charge is 0.138 e. The third-order valence-corrected chi connectivity index (χ3v) is 3.49. The van der Waals surface area contributed by atoms with Gasteiger partial charge in [0.25, 0.3) is 0 Å². The van der Waals surface area contributed by atoms with Crippen LogP contribution >= 0.6 is 27.3 Å². The summed E-state index contributed by atoms with van der Waals surface area (Å²) >= 11 is 5.02. The Balaban J connectivity index is 2.44. The molecule has 0 unspecified atom stereocenters. The minimum absolute atomic E-state index is 0.632. The van der Waals surface area contributed by atoms with Crippen LogP contribution in [0.1, 0.15) is 4.88 Å². The lowest BCUT2D eigenvalue weighted by molar-refractivity contribution is 1.38. The highest BCUT2D eigenvalue weighted by Gasteiger charge is 2.05. The summed E-state index contributed by atoms with van der Waals surface area (Å²) in [6.07, 6.45) is 0. The molecule has 0 fully saturated rings. The van der Waals surface area contributed by atoms with Gasteiger partial charge in [0.15, 0.2) is 0 Å². The predicted molar refractivity (Wildman–Crippen MR) is 64.4 cm³/mol. The van der Waals surface area contributed by atoms with E-state index in [0.29, 0.717) is 5.82 Å². The quantitative estimate of drug-likeness (QED) is 0.861. The molecule has 0 amide bonds. The standard InChI is InChI=1S/C10H9BrN2S/c1-6-9(12)13-10(14-6)7-2-4-8(11)5-3-7/h2-5H,12H2,1H3. The Hall–Kier alpha value is -0.870. The van der Waals surface area contributed by atoms with Gasteiger partial charge < -0.3 is 5.73 Å². The summed E-state index contributed by atoms with van der Waals surface area (Å²) in [5.41, 5.74) is 6.81. The van der Waals surface area contributed by atoms with E-state index in [1.165, 1.54) is 0 Å². The molecule has 2 rings (SSSR count). The van der Waals surface area contributed by atoms with Gasteiger partial charge in [0.1, 0.15) is 10.8 Å². The number of halogens is 1. The van der Waals surface area contributed by atoms with Crippen molar-refractivity contribution in [2.24, 2.45) is 0 Å². The molecule has 0 spiro atoms. The van der Waals surface area contributed by atoms with Gasteiger partial charge in [-0.2, -0.15) is 0 Å². The van der Waals surface area contributed by atoms with E-state index in [1.54, 1.807) is 11.3 Å². The second-order valence-corrected chi connectivity index (χ2v) is 5.09. The molecule has 0 saturated heterocycles. The van der Waals surface area contributed by atoms with Gasteiger partial charge in [-0.05, 0) is 19.1 Å². The first-order chi connectivity index (χ1) is 6.66. The van der Waals surface area contributed by atoms with Gasteiger partial charge in [-0.15, -0.1) is 11.3 Å². The minimum Gasteiger partial charge on any atom is -0.383 e. The summed E-state index contributed by atoms with van der Waals surface area (Å²) in [5.74, 6) is 0.632. The Bertz CT molecular complexity index is 428. The number of hydrogen-bond donors (Lipinski definition) is 1. The van der Waals surface area contributed by atoms with Crippen molar-refractivity contribution in [1.29, 1.82) is 0 Å². The van der Waals surface area contributed by atoms with E-state index in [1.807, 2.05) is 31.2 Å². The van der Waals surface area contributed by atoms with Gasteiger partial charge in [0.2, 0.25) is 0 Å². The van der Waals surface area contributed by atoms with Crippen LogP contribution in [0.15, 0.2) is 28.7 Å². The maximum atomic E-state index is 5.70. The Morgan fingerprint density at radius 1 is 1.29 bits per heavy atom. The molecule has 0 saturated carbocycles. The predicted octanol–water partition coefficient (Wildman–Crippen LogP) is 3.46. The molecule has 0 aliphatic carbocycles. The van der Waals surface area contributed by atoms with E-state index in [4.69, 9.17) is 5.73 Å². The molecular formula is C10H9BrN2S. The first kappa shape index (κ1) is 9.68. The van der Waals surface area contributed by atoms with Gasteiger partial charge in [0, 0.05) is 14.9 Å². The van der Waals surface area contributed by atoms with Crippen molar-refractivity contribution in [2.45, 2.75) is 6.92 Å². The van der Waals surface area contributed by atoms with Crippen LogP contribution in [0.2, 0.25) is 0 Å². The second kappa shape index (κ2) is 3.71. The minimum atomic E-state index is 0.632. The molecule has 2 aromatic rings. The average molecular weight is 269 g/mol. The number of aromatic nitrogens is 1. The third kappa shape index (κ3) is 1.81. The van der Waals surface area contributed by atoms with Crippen LogP contribution in [-0.2, 0) is 0 Å². The van der Waals surface area contributed by atoms with Crippen molar-refractivity contribution >= 4 is 33.1 Å². The van der Waals surface area contributed by atoms with Crippen LogP contribution in [-0.4, -0.2) is 4.98 Å². The van der Waals surface area contributed by atoms with E-state index in [-0.39, 0.29) is 0 Å². The van der Waals surface area contributed by atoms with Crippen molar-refractivity contribution in [3.8, 4) is 10.6 Å². The zero-order chi connectivity index (χ0) is 10.1. The van der Waals surface area contributed by atoms with Crippen LogP contribution in [0, 0.1) is 6.92 Å². The summed E-state index contributed by atoms with van der Waals surface area (Å²) in [5, 5.41) is 0.979. The molecule has 0 radical (unpaired) electrons. The highest BCUT2D eigenvalue weighted by atomic mass is 79.9. The molecule has 0 aliphatic heterocycles. The van der Waals surface area contributed by atoms with E-state index in [9.17, 15) is 0 Å². The van der Waals surface area contributed by atoms with Crippen molar-refractivity contribution in [1.82, 2.24) is 4.98 Å². The number of anilines is 1. The zero-order valence-electron chi connectivity index (χ0n) is 7.62. The molecular weight excluding hydrogens is 260 g/mol. The lowest BCUT2D eigenvalue weighted by atomic mass is 10.2. The Kier molecular flexibility index (Phi) is 2.56. The normalized spacial score (nSPS) is 10.4. The molecule has 1 aromatic carbocycles. The Labute approximate surface area is 94.9 Å². The van der Waals surface area contributed by atoms with Gasteiger partial charge in [-0.1, -0.05) is 28.1 Å². The fourth-order valence-electron chi connectivity index (χ4n) is 1.12. The van der Waals surface area contributed by atoms with E-state index < -0.39 is 0 Å². The molecule has 0 atom stereocenters. The van der Waals surface area contributed by atoms with E-state index >= 15 is 0 Å². The van der Waals surface area contributed by atoms with E-state index in [2.05, 4.69) is 20.9 Å². The molecule has 1 aromatic heterocycles. The third-order valence-electron chi connectivity index (χ3n) is 1.92. The van der Waals surface area contributed by atoms with E-state index in [0.717, 1.165) is 19.9 Å². The molecule has 0 bridgehead atoms. The number of benzene rings is 1. The number of thiazole rings is 1. The van der Waals surface area contributed by atoms with Crippen LogP contribution < -0.4 is 5.73 Å². The average Bonchev–Trinajstić information content (AvgIpc) is 2.48. The molecule has 2 N–H and O–H groups in total. The number of rotatable bonds is 1. The van der Waals surface area contributed by atoms with Gasteiger partial charge in [0.05, 0.1) is 0 Å². The van der Waals surface area contributed by atoms with Gasteiger partial charge in [-0.25, -0.2) is 4.98 Å². The zero-order valence-corrected chi connectivity index (χ0v) is 10.0. The molecule has 14 heavy (non-hydrogen) atoms. The molecule has 0 aliphatic rings. The number of nitrogens with two attached hydrogens (primary N) is 1. The Morgan fingerprint density at radius 3 is 2.43 bits per heavy atom. The molecule has 1 heterocycles. The Morgan fingerprint density at radius 2 is 1.93 bits per heavy atom. The summed E-state index contributed by atoms with van der Waals surface area (Å²) in [4.78, 5) is 5.36. The highest BCUT2D eigenvalue weighted by molar-refractivity contribution is 9.10. The fraction of sp³-hybridized carbons (Fsp3) is 0.100. The largest absolute Gasteiger partial charge is 0.383 e. The van der Waals surface area contributed by atoms with Crippen LogP contribution in [0.4, 0.5) is 5.82 Å². The van der Waals surface area contributed by atoms with Crippen molar-refractivity contribution in [3.63, 3.8) is 0 Å². The summed E-state index contributed by atoms with van der Waals surface area (Å²) in [6.45, 7) is 1.98. The van der Waals surface area contributed by atoms with Crippen molar-refractivity contribution < 1.29 is 0 Å². The summed E-state index contributed by atoms with van der Waals surface area (Å²) < 4.78 is 1.07. The second-order valence-electron chi connectivity index (χ2n) is 2.97. The summed E-state index contributed by atoms with van der Waals surface area (Å²) in [7, 11) is 0. The van der Waals surface area contributed by atoms with Gasteiger partial charge in [-0.3, -0.25) is 0 Å². The van der Waals surface area contributed by atoms with Crippen LogP contribution in [0.5, 0.6) is 0 Å². The van der Waals surface area contributed by atoms with Crippen LogP contribution in [0.3, 0.4) is 0 Å². The number of aryl methyl sites for hydroxylation is 1. The fourth-order valence-corrected chi connectivity index (χ4v) is 2.23. The first-order valence-electron chi connectivity index (χ1n) is 4.15. The lowest BCUT2D eigenvalue weighted by Crippen LogP contribution is -1.85. The lowest BCUT2D eigenvalue weighted by Gasteiger charge is -1.95. The molecule has 4 heteroatoms. The highest BCUT2D eigenvalue weighted by Crippen LogP contribution is 2.29. The SMILES string of the molecule is Cc1sc(-c2ccc(Br)cc2)nc1N.